The Bertz CT molecular complexity index is 549. The average molecular weight is 308 g/mol. The minimum atomic E-state index is -4.38. The van der Waals surface area contributed by atoms with Gasteiger partial charge >= 0.3 is 6.18 Å². The zero-order valence-corrected chi connectivity index (χ0v) is 11.6. The highest BCUT2D eigenvalue weighted by atomic mass is 32.1. The van der Waals surface area contributed by atoms with E-state index in [4.69, 9.17) is 5.73 Å². The van der Waals surface area contributed by atoms with Crippen molar-refractivity contribution in [3.8, 4) is 0 Å². The highest BCUT2D eigenvalue weighted by Gasteiger charge is 2.33. The lowest BCUT2D eigenvalue weighted by Gasteiger charge is -2.13. The molecule has 2 rings (SSSR count). The molecule has 0 aliphatic rings. The Kier molecular flexibility index (Phi) is 4.07. The molecule has 0 aliphatic carbocycles. The molecule has 2 N–H and O–H groups in total. The van der Waals surface area contributed by atoms with E-state index in [2.05, 4.69) is 9.97 Å². The van der Waals surface area contributed by atoms with Crippen molar-refractivity contribution in [3.05, 3.63) is 27.2 Å². The van der Waals surface area contributed by atoms with Gasteiger partial charge in [0.05, 0.1) is 6.54 Å². The lowest BCUT2D eigenvalue weighted by molar-refractivity contribution is -0.140. The van der Waals surface area contributed by atoms with Gasteiger partial charge in [-0.15, -0.1) is 22.7 Å². The number of aromatic nitrogens is 2. The summed E-state index contributed by atoms with van der Waals surface area (Å²) in [5.41, 5.74) is 4.68. The van der Waals surface area contributed by atoms with Crippen molar-refractivity contribution in [2.45, 2.75) is 19.3 Å². The first-order chi connectivity index (χ1) is 8.84. The molecule has 0 spiro atoms. The fourth-order valence-corrected chi connectivity index (χ4v) is 3.11. The molecular formula is C10H11F3N4S2. The molecule has 2 heterocycles. The summed E-state index contributed by atoms with van der Waals surface area (Å²) in [6, 6.07) is 0. The summed E-state index contributed by atoms with van der Waals surface area (Å²) in [6.45, 7) is 0.939. The van der Waals surface area contributed by atoms with Crippen molar-refractivity contribution in [1.82, 2.24) is 14.9 Å². The minimum Gasteiger partial charge on any atom is -0.375 e. The maximum atomic E-state index is 12.4. The fourth-order valence-electron chi connectivity index (χ4n) is 1.46. The van der Waals surface area contributed by atoms with Crippen LogP contribution in [0.4, 0.5) is 18.3 Å². The highest BCUT2D eigenvalue weighted by Crippen LogP contribution is 2.30. The van der Waals surface area contributed by atoms with Gasteiger partial charge in [-0.05, 0) is 7.05 Å². The summed E-state index contributed by atoms with van der Waals surface area (Å²) >= 11 is 2.37. The zero-order valence-electron chi connectivity index (χ0n) is 9.94. The monoisotopic (exact) mass is 308 g/mol. The number of nitrogens with zero attached hydrogens (tertiary/aromatic N) is 3. The second-order valence-electron chi connectivity index (χ2n) is 3.96. The molecule has 0 amide bonds. The van der Waals surface area contributed by atoms with Crippen LogP contribution in [0.15, 0.2) is 11.6 Å². The van der Waals surface area contributed by atoms with Gasteiger partial charge in [0, 0.05) is 23.0 Å². The molecule has 4 nitrogen and oxygen atoms in total. The third-order valence-corrected chi connectivity index (χ3v) is 3.89. The van der Waals surface area contributed by atoms with E-state index in [1.54, 1.807) is 6.20 Å². The third kappa shape index (κ3) is 3.88. The third-order valence-electron chi connectivity index (χ3n) is 2.24. The maximum Gasteiger partial charge on any atom is 0.434 e. The molecular weight excluding hydrogens is 297 g/mol. The Morgan fingerprint density at radius 3 is 2.63 bits per heavy atom. The number of hydrogen-bond donors (Lipinski definition) is 1. The van der Waals surface area contributed by atoms with Crippen molar-refractivity contribution >= 4 is 27.8 Å². The van der Waals surface area contributed by atoms with Gasteiger partial charge < -0.3 is 5.73 Å². The van der Waals surface area contributed by atoms with Gasteiger partial charge in [0.15, 0.2) is 10.8 Å². The lowest BCUT2D eigenvalue weighted by atomic mass is 10.4. The Balaban J connectivity index is 1.95. The number of thiazole rings is 2. The second kappa shape index (κ2) is 5.43. The maximum absolute atomic E-state index is 12.4. The van der Waals surface area contributed by atoms with E-state index < -0.39 is 11.9 Å². The Morgan fingerprint density at radius 2 is 2.11 bits per heavy atom. The largest absolute Gasteiger partial charge is 0.434 e. The van der Waals surface area contributed by atoms with E-state index in [0.717, 1.165) is 21.6 Å². The van der Waals surface area contributed by atoms with Crippen LogP contribution in [0, 0.1) is 0 Å². The summed E-state index contributed by atoms with van der Waals surface area (Å²) in [4.78, 5) is 10.3. The number of nitrogens with two attached hydrogens (primary N) is 1. The molecule has 0 unspecified atom stereocenters. The van der Waals surface area contributed by atoms with Gasteiger partial charge in [-0.3, -0.25) is 4.90 Å². The van der Waals surface area contributed by atoms with Gasteiger partial charge in [0.1, 0.15) is 5.01 Å². The number of alkyl halides is 3. The molecule has 2 aromatic heterocycles. The van der Waals surface area contributed by atoms with E-state index in [9.17, 15) is 13.2 Å². The first-order valence-corrected chi connectivity index (χ1v) is 6.94. The fraction of sp³-hybridized carbons (Fsp3) is 0.400. The van der Waals surface area contributed by atoms with Gasteiger partial charge in [-0.2, -0.15) is 13.2 Å². The molecule has 0 radical (unpaired) electrons. The Hall–Kier alpha value is -1.19. The van der Waals surface area contributed by atoms with E-state index in [-0.39, 0.29) is 0 Å². The quantitative estimate of drug-likeness (QED) is 0.943. The van der Waals surface area contributed by atoms with Gasteiger partial charge in [-0.1, -0.05) is 0 Å². The molecule has 0 saturated heterocycles. The SMILES string of the molecule is CN(Cc1cnc(N)s1)Cc1nc(C(F)(F)F)cs1. The molecule has 0 bridgehead atoms. The topological polar surface area (TPSA) is 55.0 Å². The summed E-state index contributed by atoms with van der Waals surface area (Å²) in [5, 5.41) is 1.96. The van der Waals surface area contributed by atoms with Gasteiger partial charge in [-0.25, -0.2) is 9.97 Å². The minimum absolute atomic E-state index is 0.360. The van der Waals surface area contributed by atoms with E-state index in [1.807, 2.05) is 11.9 Å². The van der Waals surface area contributed by atoms with Crippen LogP contribution in [-0.4, -0.2) is 21.9 Å². The Morgan fingerprint density at radius 1 is 1.37 bits per heavy atom. The van der Waals surface area contributed by atoms with Crippen molar-refractivity contribution in [1.29, 1.82) is 0 Å². The van der Waals surface area contributed by atoms with Crippen molar-refractivity contribution < 1.29 is 13.2 Å². The van der Waals surface area contributed by atoms with E-state index >= 15 is 0 Å². The number of anilines is 1. The number of halogens is 3. The number of rotatable bonds is 4. The van der Waals surface area contributed by atoms with Crippen molar-refractivity contribution in [2.24, 2.45) is 0 Å². The molecule has 0 aliphatic heterocycles. The molecule has 0 saturated carbocycles. The van der Waals surface area contributed by atoms with Gasteiger partial charge in [0.2, 0.25) is 0 Å². The van der Waals surface area contributed by atoms with Crippen molar-refractivity contribution in [3.63, 3.8) is 0 Å². The predicted molar refractivity (Wildman–Crippen MR) is 68.8 cm³/mol. The first kappa shape index (κ1) is 14.2. The normalized spacial score (nSPS) is 12.3. The molecule has 104 valence electrons. The van der Waals surface area contributed by atoms with Crippen LogP contribution in [0.2, 0.25) is 0 Å². The zero-order chi connectivity index (χ0) is 14.0. The molecule has 9 heteroatoms. The lowest BCUT2D eigenvalue weighted by Crippen LogP contribution is -2.16. The first-order valence-electron chi connectivity index (χ1n) is 5.25. The van der Waals surface area contributed by atoms with Crippen LogP contribution in [-0.2, 0) is 19.3 Å². The summed E-state index contributed by atoms with van der Waals surface area (Å²) in [7, 11) is 1.81. The highest BCUT2D eigenvalue weighted by molar-refractivity contribution is 7.15. The standard InChI is InChI=1S/C10H11F3N4S2/c1-17(3-6-2-15-9(14)19-6)4-8-16-7(5-18-8)10(11,12)13/h2,5H,3-4H2,1H3,(H2,14,15). The van der Waals surface area contributed by atoms with Gasteiger partial charge in [0.25, 0.3) is 0 Å². The van der Waals surface area contributed by atoms with E-state index in [0.29, 0.717) is 23.2 Å². The average Bonchev–Trinajstić information content (AvgIpc) is 2.87. The summed E-state index contributed by atoms with van der Waals surface area (Å²) in [5.74, 6) is 0. The molecule has 0 fully saturated rings. The van der Waals surface area contributed by atoms with Crippen LogP contribution in [0.25, 0.3) is 0 Å². The van der Waals surface area contributed by atoms with Crippen LogP contribution < -0.4 is 5.73 Å². The molecule has 19 heavy (non-hydrogen) atoms. The van der Waals surface area contributed by atoms with Crippen LogP contribution in [0.3, 0.4) is 0 Å². The molecule has 2 aromatic rings. The number of hydrogen-bond acceptors (Lipinski definition) is 6. The predicted octanol–water partition coefficient (Wildman–Crippen LogP) is 2.83. The van der Waals surface area contributed by atoms with Crippen molar-refractivity contribution in [2.75, 3.05) is 12.8 Å². The molecule has 0 atom stereocenters. The Labute approximate surface area is 115 Å². The van der Waals surface area contributed by atoms with Crippen LogP contribution in [0.5, 0.6) is 0 Å². The van der Waals surface area contributed by atoms with E-state index in [1.165, 1.54) is 11.3 Å². The smallest absolute Gasteiger partial charge is 0.375 e. The number of nitrogen functional groups attached to an aromatic ring is 1. The van der Waals surface area contributed by atoms with Crippen LogP contribution >= 0.6 is 22.7 Å². The summed E-state index contributed by atoms with van der Waals surface area (Å²) < 4.78 is 37.2. The second-order valence-corrected chi connectivity index (χ2v) is 6.05. The summed E-state index contributed by atoms with van der Waals surface area (Å²) in [6.07, 6.45) is -2.71. The van der Waals surface area contributed by atoms with Crippen LogP contribution in [0.1, 0.15) is 15.6 Å². The molecule has 0 aromatic carbocycles.